The second-order valence-corrected chi connectivity index (χ2v) is 4.79. The molecule has 1 aromatic heterocycles. The van der Waals surface area contributed by atoms with Crippen molar-refractivity contribution in [2.75, 3.05) is 19.5 Å². The Kier molecular flexibility index (Phi) is 4.85. The molecule has 0 saturated carbocycles. The van der Waals surface area contributed by atoms with E-state index >= 15 is 0 Å². The molecule has 122 valence electrons. The third kappa shape index (κ3) is 3.79. The maximum absolute atomic E-state index is 11.7. The first-order chi connectivity index (χ1) is 10.9. The number of aryl methyl sites for hydroxylation is 1. The summed E-state index contributed by atoms with van der Waals surface area (Å²) < 4.78 is 10.4. The van der Waals surface area contributed by atoms with Crippen LogP contribution >= 0.6 is 0 Å². The zero-order valence-corrected chi connectivity index (χ0v) is 13.4. The molecule has 0 saturated heterocycles. The molecule has 0 fully saturated rings. The van der Waals surface area contributed by atoms with Crippen LogP contribution in [0.5, 0.6) is 11.5 Å². The number of H-pyrrole nitrogens is 1. The van der Waals surface area contributed by atoms with Crippen LogP contribution < -0.4 is 26.1 Å². The summed E-state index contributed by atoms with van der Waals surface area (Å²) in [7, 11) is 3.11. The van der Waals surface area contributed by atoms with Gasteiger partial charge in [0, 0.05) is 17.3 Å². The van der Waals surface area contributed by atoms with E-state index in [1.165, 1.54) is 7.11 Å². The number of guanidine groups is 1. The smallest absolute Gasteiger partial charge is 0.255 e. The fourth-order valence-corrected chi connectivity index (χ4v) is 1.87. The lowest BCUT2D eigenvalue weighted by atomic mass is 10.2. The van der Waals surface area contributed by atoms with E-state index in [9.17, 15) is 4.79 Å². The number of anilines is 1. The number of rotatable bonds is 4. The zero-order chi connectivity index (χ0) is 17.0. The Labute approximate surface area is 133 Å². The quantitative estimate of drug-likeness (QED) is 0.581. The number of nitrogens with two attached hydrogens (primary N) is 1. The Balaban J connectivity index is 2.28. The first kappa shape index (κ1) is 16.3. The minimum Gasteiger partial charge on any atom is -0.497 e. The Bertz CT molecular complexity index is 798. The van der Waals surface area contributed by atoms with Crippen molar-refractivity contribution in [3.63, 3.8) is 0 Å². The van der Waals surface area contributed by atoms with E-state index in [-0.39, 0.29) is 17.5 Å². The number of ether oxygens (including phenoxy) is 2. The molecule has 4 N–H and O–H groups in total. The summed E-state index contributed by atoms with van der Waals surface area (Å²) in [5.41, 5.74) is 7.38. The number of hydrogen-bond acceptors (Lipinski definition) is 5. The van der Waals surface area contributed by atoms with Crippen LogP contribution in [0.3, 0.4) is 0 Å². The molecule has 0 aliphatic rings. The Morgan fingerprint density at radius 3 is 2.65 bits per heavy atom. The number of aromatic amines is 1. The Morgan fingerprint density at radius 2 is 2.04 bits per heavy atom. The lowest BCUT2D eigenvalue weighted by Crippen LogP contribution is -2.23. The molecule has 0 spiro atoms. The van der Waals surface area contributed by atoms with Gasteiger partial charge in [0.2, 0.25) is 11.9 Å². The highest BCUT2D eigenvalue weighted by atomic mass is 16.5. The number of aromatic nitrogens is 2. The first-order valence-corrected chi connectivity index (χ1v) is 6.85. The number of nitrogens with zero attached hydrogens (tertiary/aromatic N) is 2. The second kappa shape index (κ2) is 6.82. The molecule has 23 heavy (non-hydrogen) atoms. The van der Waals surface area contributed by atoms with Gasteiger partial charge in [0.1, 0.15) is 11.5 Å². The highest BCUT2D eigenvalue weighted by Gasteiger charge is 2.07. The lowest BCUT2D eigenvalue weighted by molar-refractivity contribution is 0.395. The fraction of sp³-hybridized carbons (Fsp3) is 0.267. The SMILES string of the molecule is COc1ccc(NC(N)=Nc2nc(C)c(C)c(=O)[nH]2)c(OC)c1. The van der Waals surface area contributed by atoms with Gasteiger partial charge in [-0.05, 0) is 26.0 Å². The summed E-state index contributed by atoms with van der Waals surface area (Å²) in [6.07, 6.45) is 0. The van der Waals surface area contributed by atoms with E-state index in [0.29, 0.717) is 28.4 Å². The minimum atomic E-state index is -0.244. The molecule has 0 amide bonds. The van der Waals surface area contributed by atoms with Crippen LogP contribution in [-0.2, 0) is 0 Å². The summed E-state index contributed by atoms with van der Waals surface area (Å²) in [5, 5.41) is 2.90. The van der Waals surface area contributed by atoms with Gasteiger partial charge in [0.15, 0.2) is 0 Å². The van der Waals surface area contributed by atoms with E-state index in [4.69, 9.17) is 15.2 Å². The van der Waals surface area contributed by atoms with E-state index in [0.717, 1.165) is 0 Å². The molecule has 2 rings (SSSR count). The van der Waals surface area contributed by atoms with Gasteiger partial charge in [-0.25, -0.2) is 4.98 Å². The zero-order valence-electron chi connectivity index (χ0n) is 13.4. The summed E-state index contributed by atoms with van der Waals surface area (Å²) in [4.78, 5) is 22.5. The van der Waals surface area contributed by atoms with Gasteiger partial charge in [0.05, 0.1) is 19.9 Å². The summed E-state index contributed by atoms with van der Waals surface area (Å²) in [5.74, 6) is 1.41. The van der Waals surface area contributed by atoms with E-state index < -0.39 is 0 Å². The van der Waals surface area contributed by atoms with Crippen LogP contribution in [0.4, 0.5) is 11.6 Å². The maximum Gasteiger partial charge on any atom is 0.255 e. The molecule has 0 bridgehead atoms. The van der Waals surface area contributed by atoms with Crippen molar-refractivity contribution in [1.82, 2.24) is 9.97 Å². The number of benzene rings is 1. The molecule has 0 aliphatic heterocycles. The molecule has 0 atom stereocenters. The predicted molar refractivity (Wildman–Crippen MR) is 88.8 cm³/mol. The van der Waals surface area contributed by atoms with Crippen molar-refractivity contribution >= 4 is 17.6 Å². The third-order valence-corrected chi connectivity index (χ3v) is 3.28. The van der Waals surface area contributed by atoms with Crippen molar-refractivity contribution in [1.29, 1.82) is 0 Å². The van der Waals surface area contributed by atoms with Crippen LogP contribution in [0.15, 0.2) is 28.0 Å². The molecule has 0 radical (unpaired) electrons. The second-order valence-electron chi connectivity index (χ2n) is 4.79. The predicted octanol–water partition coefficient (Wildman–Crippen LogP) is 1.46. The molecule has 0 aliphatic carbocycles. The molecule has 0 unspecified atom stereocenters. The summed E-state index contributed by atoms with van der Waals surface area (Å²) in [6.45, 7) is 3.43. The van der Waals surface area contributed by atoms with E-state index in [1.807, 2.05) is 0 Å². The first-order valence-electron chi connectivity index (χ1n) is 6.85. The van der Waals surface area contributed by atoms with Gasteiger partial charge in [-0.15, -0.1) is 0 Å². The van der Waals surface area contributed by atoms with Crippen molar-refractivity contribution in [2.24, 2.45) is 10.7 Å². The fourth-order valence-electron chi connectivity index (χ4n) is 1.87. The number of hydrogen-bond donors (Lipinski definition) is 3. The summed E-state index contributed by atoms with van der Waals surface area (Å²) >= 11 is 0. The molecule has 8 nitrogen and oxygen atoms in total. The van der Waals surface area contributed by atoms with Crippen molar-refractivity contribution in [3.8, 4) is 11.5 Å². The Morgan fingerprint density at radius 1 is 1.30 bits per heavy atom. The molecule has 8 heteroatoms. The number of aliphatic imine (C=N–C) groups is 1. The van der Waals surface area contributed by atoms with Gasteiger partial charge in [-0.1, -0.05) is 0 Å². The topological polar surface area (TPSA) is 115 Å². The van der Waals surface area contributed by atoms with Crippen LogP contribution in [0.25, 0.3) is 0 Å². The molecule has 2 aromatic rings. The molecule has 1 heterocycles. The largest absolute Gasteiger partial charge is 0.497 e. The van der Waals surface area contributed by atoms with Gasteiger partial charge in [-0.2, -0.15) is 4.99 Å². The van der Waals surface area contributed by atoms with Crippen LogP contribution in [-0.4, -0.2) is 30.1 Å². The Hall–Kier alpha value is -3.03. The molecular formula is C15H19N5O3. The molecular weight excluding hydrogens is 298 g/mol. The number of methoxy groups -OCH3 is 2. The number of nitrogens with one attached hydrogen (secondary N) is 2. The van der Waals surface area contributed by atoms with E-state index in [1.54, 1.807) is 39.2 Å². The van der Waals surface area contributed by atoms with Crippen LogP contribution in [0.2, 0.25) is 0 Å². The van der Waals surface area contributed by atoms with Gasteiger partial charge < -0.3 is 20.5 Å². The van der Waals surface area contributed by atoms with E-state index in [2.05, 4.69) is 20.3 Å². The highest BCUT2D eigenvalue weighted by Crippen LogP contribution is 2.28. The van der Waals surface area contributed by atoms with Crippen molar-refractivity contribution in [3.05, 3.63) is 39.8 Å². The average molecular weight is 317 g/mol. The average Bonchev–Trinajstić information content (AvgIpc) is 2.52. The van der Waals surface area contributed by atoms with Gasteiger partial charge in [-0.3, -0.25) is 9.78 Å². The summed E-state index contributed by atoms with van der Waals surface area (Å²) in [6, 6.07) is 5.22. The molecule has 1 aromatic carbocycles. The van der Waals surface area contributed by atoms with Crippen LogP contribution in [0.1, 0.15) is 11.3 Å². The van der Waals surface area contributed by atoms with Crippen molar-refractivity contribution < 1.29 is 9.47 Å². The normalized spacial score (nSPS) is 11.2. The minimum absolute atomic E-state index is 0.0693. The third-order valence-electron chi connectivity index (χ3n) is 3.28. The lowest BCUT2D eigenvalue weighted by Gasteiger charge is -2.11. The van der Waals surface area contributed by atoms with Crippen molar-refractivity contribution in [2.45, 2.75) is 13.8 Å². The monoisotopic (exact) mass is 317 g/mol. The maximum atomic E-state index is 11.7. The standard InChI is InChI=1S/C15H19N5O3/c1-8-9(2)17-15(19-13(8)21)20-14(16)18-11-6-5-10(22-3)7-12(11)23-4/h5-7H,1-4H3,(H4,16,17,18,19,20,21). The van der Waals surface area contributed by atoms with Gasteiger partial charge >= 0.3 is 0 Å². The highest BCUT2D eigenvalue weighted by molar-refractivity contribution is 5.95. The van der Waals surface area contributed by atoms with Gasteiger partial charge in [0.25, 0.3) is 5.56 Å². The van der Waals surface area contributed by atoms with Crippen LogP contribution in [0, 0.1) is 13.8 Å².